The van der Waals surface area contributed by atoms with Crippen molar-refractivity contribution < 1.29 is 13.9 Å². The molecule has 1 aromatic carbocycles. The van der Waals surface area contributed by atoms with Crippen molar-refractivity contribution in [1.29, 1.82) is 0 Å². The van der Waals surface area contributed by atoms with Gasteiger partial charge in [0.25, 0.3) is 5.91 Å². The van der Waals surface area contributed by atoms with E-state index >= 15 is 0 Å². The first-order chi connectivity index (χ1) is 13.1. The molecule has 27 heavy (non-hydrogen) atoms. The van der Waals surface area contributed by atoms with Gasteiger partial charge in [-0.2, -0.15) is 0 Å². The largest absolute Gasteiger partial charge is 0.380 e. The van der Waals surface area contributed by atoms with Gasteiger partial charge in [0.1, 0.15) is 5.82 Å². The lowest BCUT2D eigenvalue weighted by Crippen LogP contribution is -2.56. The molecule has 0 N–H and O–H groups in total. The van der Waals surface area contributed by atoms with Gasteiger partial charge in [-0.15, -0.1) is 11.3 Å². The molecule has 1 heterocycles. The molecule has 4 fully saturated rings. The number of carbonyl (C=O) groups is 1. The third kappa shape index (κ3) is 2.73. The highest BCUT2D eigenvalue weighted by Gasteiger charge is 2.50. The summed E-state index contributed by atoms with van der Waals surface area (Å²) in [5.74, 6) is 2.83. The van der Waals surface area contributed by atoms with E-state index in [2.05, 4.69) is 0 Å². The molecule has 1 aromatic heterocycles. The molecule has 3 nitrogen and oxygen atoms in total. The number of benzene rings is 1. The standard InChI is InChI=1S/C22H26FNO2S/c1-24(20-14-7-12-6-13(9-14)10-15(20)8-12)22(25)21-16(11-26-2)19-17(23)4-3-5-18(19)27-21/h3-5,12-15,20H,6-11H2,1-2H3. The Morgan fingerprint density at radius 1 is 1.19 bits per heavy atom. The number of hydrogen-bond acceptors (Lipinski definition) is 3. The van der Waals surface area contributed by atoms with Crippen molar-refractivity contribution in [1.82, 2.24) is 4.90 Å². The van der Waals surface area contributed by atoms with E-state index in [0.717, 1.165) is 16.5 Å². The molecule has 4 saturated carbocycles. The summed E-state index contributed by atoms with van der Waals surface area (Å²) in [6, 6.07) is 5.41. The van der Waals surface area contributed by atoms with Gasteiger partial charge in [-0.05, 0) is 67.9 Å². The van der Waals surface area contributed by atoms with E-state index in [9.17, 15) is 9.18 Å². The van der Waals surface area contributed by atoms with Crippen LogP contribution >= 0.6 is 11.3 Å². The molecule has 6 rings (SSSR count). The van der Waals surface area contributed by atoms with E-state index in [-0.39, 0.29) is 18.3 Å². The van der Waals surface area contributed by atoms with Crippen LogP contribution < -0.4 is 0 Å². The maximum atomic E-state index is 14.5. The second-order valence-corrected chi connectivity index (χ2v) is 9.85. The number of methoxy groups -OCH3 is 1. The lowest BCUT2D eigenvalue weighted by molar-refractivity contribution is -0.0490. The Morgan fingerprint density at radius 2 is 1.85 bits per heavy atom. The lowest BCUT2D eigenvalue weighted by Gasteiger charge is -2.56. The Labute approximate surface area is 163 Å². The summed E-state index contributed by atoms with van der Waals surface area (Å²) < 4.78 is 20.6. The summed E-state index contributed by atoms with van der Waals surface area (Å²) in [6.45, 7) is 0.261. The molecule has 4 bridgehead atoms. The highest BCUT2D eigenvalue weighted by molar-refractivity contribution is 7.21. The number of halogens is 1. The lowest BCUT2D eigenvalue weighted by atomic mass is 9.54. The Balaban J connectivity index is 1.50. The van der Waals surface area contributed by atoms with Crippen LogP contribution in [0, 0.1) is 29.5 Å². The number of rotatable bonds is 4. The van der Waals surface area contributed by atoms with E-state index < -0.39 is 0 Å². The van der Waals surface area contributed by atoms with Crippen molar-refractivity contribution >= 4 is 27.3 Å². The van der Waals surface area contributed by atoms with E-state index in [1.165, 1.54) is 49.5 Å². The number of hydrogen-bond donors (Lipinski definition) is 0. The van der Waals surface area contributed by atoms with Crippen molar-refractivity contribution in [2.24, 2.45) is 23.7 Å². The average Bonchev–Trinajstić information content (AvgIpc) is 3.00. The summed E-state index contributed by atoms with van der Waals surface area (Å²) in [5, 5.41) is 0.547. The van der Waals surface area contributed by atoms with Crippen molar-refractivity contribution in [2.75, 3.05) is 14.2 Å². The molecular formula is C22H26FNO2S. The second kappa shape index (κ2) is 6.56. The molecule has 0 spiro atoms. The average molecular weight is 388 g/mol. The summed E-state index contributed by atoms with van der Waals surface area (Å²) in [5.41, 5.74) is 0.705. The number of fused-ring (bicyclic) bond motifs is 1. The van der Waals surface area contributed by atoms with Crippen LogP contribution in [0.3, 0.4) is 0 Å². The minimum absolute atomic E-state index is 0.0418. The highest BCUT2D eigenvalue weighted by Crippen LogP contribution is 2.55. The predicted molar refractivity (Wildman–Crippen MR) is 105 cm³/mol. The zero-order chi connectivity index (χ0) is 18.7. The second-order valence-electron chi connectivity index (χ2n) is 8.79. The van der Waals surface area contributed by atoms with E-state index in [1.54, 1.807) is 13.2 Å². The third-order valence-corrected chi connectivity index (χ3v) is 8.38. The molecule has 2 aromatic rings. The van der Waals surface area contributed by atoms with Crippen molar-refractivity contribution in [3.05, 3.63) is 34.5 Å². The molecule has 0 atom stereocenters. The van der Waals surface area contributed by atoms with E-state index in [0.29, 0.717) is 33.7 Å². The molecule has 0 saturated heterocycles. The minimum atomic E-state index is -0.271. The van der Waals surface area contributed by atoms with Crippen LogP contribution in [0.25, 0.3) is 10.1 Å². The van der Waals surface area contributed by atoms with Gasteiger partial charge in [-0.1, -0.05) is 6.07 Å². The monoisotopic (exact) mass is 387 g/mol. The van der Waals surface area contributed by atoms with Gasteiger partial charge in [-0.3, -0.25) is 4.79 Å². The van der Waals surface area contributed by atoms with Crippen LogP contribution in [0.5, 0.6) is 0 Å². The molecule has 0 radical (unpaired) electrons. The van der Waals surface area contributed by atoms with Crippen LogP contribution in [0.2, 0.25) is 0 Å². The Kier molecular flexibility index (Phi) is 4.28. The fourth-order valence-electron chi connectivity index (χ4n) is 6.45. The van der Waals surface area contributed by atoms with Crippen molar-refractivity contribution in [2.45, 2.75) is 44.8 Å². The quantitative estimate of drug-likeness (QED) is 0.732. The summed E-state index contributed by atoms with van der Waals surface area (Å²) in [6.07, 6.45) is 6.52. The zero-order valence-corrected chi connectivity index (χ0v) is 16.7. The highest BCUT2D eigenvalue weighted by atomic mass is 32.1. The zero-order valence-electron chi connectivity index (χ0n) is 15.9. The van der Waals surface area contributed by atoms with Gasteiger partial charge >= 0.3 is 0 Å². The van der Waals surface area contributed by atoms with Gasteiger partial charge in [0.05, 0.1) is 11.5 Å². The van der Waals surface area contributed by atoms with Gasteiger partial charge in [0, 0.05) is 35.8 Å². The first-order valence-electron chi connectivity index (χ1n) is 10.0. The van der Waals surface area contributed by atoms with Crippen LogP contribution in [-0.4, -0.2) is 31.0 Å². The van der Waals surface area contributed by atoms with Gasteiger partial charge in [0.15, 0.2) is 0 Å². The summed E-state index contributed by atoms with van der Waals surface area (Å²) in [7, 11) is 3.56. The normalized spacial score (nSPS) is 31.6. The molecule has 0 aliphatic heterocycles. The maximum absolute atomic E-state index is 14.5. The third-order valence-electron chi connectivity index (χ3n) is 7.19. The Hall–Kier alpha value is -1.46. The number of carbonyl (C=O) groups excluding carboxylic acids is 1. The fourth-order valence-corrected chi connectivity index (χ4v) is 7.65. The van der Waals surface area contributed by atoms with Crippen LogP contribution in [0.15, 0.2) is 18.2 Å². The molecule has 4 aliphatic carbocycles. The van der Waals surface area contributed by atoms with E-state index in [1.807, 2.05) is 18.0 Å². The Bertz CT molecular complexity index is 864. The molecule has 0 unspecified atom stereocenters. The number of thiophene rings is 1. The maximum Gasteiger partial charge on any atom is 0.264 e. The van der Waals surface area contributed by atoms with Gasteiger partial charge in [-0.25, -0.2) is 4.39 Å². The predicted octanol–water partition coefficient (Wildman–Crippen LogP) is 5.08. The Morgan fingerprint density at radius 3 is 2.48 bits per heavy atom. The first kappa shape index (κ1) is 17.6. The van der Waals surface area contributed by atoms with Crippen molar-refractivity contribution in [3.63, 3.8) is 0 Å². The fraction of sp³-hybridized carbons (Fsp3) is 0.591. The van der Waals surface area contributed by atoms with Crippen molar-refractivity contribution in [3.8, 4) is 0 Å². The molecule has 5 heteroatoms. The molecule has 144 valence electrons. The summed E-state index contributed by atoms with van der Waals surface area (Å²) in [4.78, 5) is 16.1. The minimum Gasteiger partial charge on any atom is -0.380 e. The van der Waals surface area contributed by atoms with Gasteiger partial charge < -0.3 is 9.64 Å². The number of nitrogens with zero attached hydrogens (tertiary/aromatic N) is 1. The molecule has 1 amide bonds. The smallest absolute Gasteiger partial charge is 0.264 e. The van der Waals surface area contributed by atoms with Crippen LogP contribution in [0.1, 0.15) is 47.3 Å². The number of ether oxygens (including phenoxy) is 1. The SMILES string of the molecule is COCc1c(C(=O)N(C)C2C3CC4CC(C3)CC2C4)sc2cccc(F)c12. The van der Waals surface area contributed by atoms with Gasteiger partial charge in [0.2, 0.25) is 0 Å². The van der Waals surface area contributed by atoms with E-state index in [4.69, 9.17) is 4.74 Å². The summed E-state index contributed by atoms with van der Waals surface area (Å²) >= 11 is 1.40. The first-order valence-corrected chi connectivity index (χ1v) is 10.8. The topological polar surface area (TPSA) is 29.5 Å². The molecular weight excluding hydrogens is 361 g/mol. The van der Waals surface area contributed by atoms with Crippen LogP contribution in [-0.2, 0) is 11.3 Å². The number of amides is 1. The molecule has 4 aliphatic rings. The van der Waals surface area contributed by atoms with Crippen LogP contribution in [0.4, 0.5) is 4.39 Å².